The largest absolute Gasteiger partial charge is 0.508 e. The molecule has 0 saturated heterocycles. The highest BCUT2D eigenvalue weighted by Crippen LogP contribution is 2.21. The number of aliphatic hydroxyl groups is 2. The van der Waals surface area contributed by atoms with E-state index >= 15 is 0 Å². The molecule has 0 bridgehead atoms. The molecule has 1 heterocycles. The summed E-state index contributed by atoms with van der Waals surface area (Å²) in [5, 5.41) is 43.0. The number of nitriles is 1. The Balaban J connectivity index is 1.94. The van der Waals surface area contributed by atoms with E-state index in [1.165, 1.54) is 24.6 Å². The minimum Gasteiger partial charge on any atom is -0.508 e. The first-order valence-electron chi connectivity index (χ1n) is 8.74. The number of hydrogen-bond donors (Lipinski definition) is 4. The second-order valence-corrected chi connectivity index (χ2v) is 9.47. The van der Waals surface area contributed by atoms with Gasteiger partial charge in [-0.15, -0.1) is 11.3 Å². The first-order chi connectivity index (χ1) is 14.0. The number of carbonyl (C=O) groups is 1. The maximum Gasteiger partial charge on any atom is 0.270 e. The zero-order chi connectivity index (χ0) is 22.5. The highest BCUT2D eigenvalue weighted by molar-refractivity contribution is 7.92. The van der Waals surface area contributed by atoms with Crippen LogP contribution in [0.4, 0.5) is 5.13 Å². The van der Waals surface area contributed by atoms with Gasteiger partial charge >= 0.3 is 0 Å². The van der Waals surface area contributed by atoms with Crippen molar-refractivity contribution in [2.45, 2.75) is 18.6 Å². The van der Waals surface area contributed by atoms with Gasteiger partial charge in [0.05, 0.1) is 30.5 Å². The molecular weight excluding hydrogens is 432 g/mol. The predicted molar refractivity (Wildman–Crippen MR) is 111 cm³/mol. The minimum atomic E-state index is -3.51. The van der Waals surface area contributed by atoms with E-state index < -0.39 is 34.1 Å². The molecule has 1 amide bonds. The van der Waals surface area contributed by atoms with Gasteiger partial charge in [0.15, 0.2) is 5.13 Å². The zero-order valence-corrected chi connectivity index (χ0v) is 17.9. The molecule has 2 rings (SSSR count). The molecule has 1 aromatic heterocycles. The Hall–Kier alpha value is -2.72. The van der Waals surface area contributed by atoms with E-state index in [0.29, 0.717) is 5.56 Å². The third kappa shape index (κ3) is 6.14. The predicted octanol–water partition coefficient (Wildman–Crippen LogP) is 0.0786. The number of thiazole rings is 1. The van der Waals surface area contributed by atoms with E-state index in [0.717, 1.165) is 21.9 Å². The first kappa shape index (κ1) is 23.6. The van der Waals surface area contributed by atoms with Gasteiger partial charge in [-0.1, -0.05) is 12.1 Å². The molecule has 12 heteroatoms. The summed E-state index contributed by atoms with van der Waals surface area (Å²) >= 11 is 0.966. The quantitative estimate of drug-likeness (QED) is 0.414. The lowest BCUT2D eigenvalue weighted by Crippen LogP contribution is -2.42. The fourth-order valence-corrected chi connectivity index (χ4v) is 4.00. The average molecular weight is 455 g/mol. The highest BCUT2D eigenvalue weighted by atomic mass is 32.2. The SMILES string of the molecule is CN(c1nc(C(=O)NCC(O)C(O)C(C#N)Cc2ccc(O)cc2)cs1)S(C)(=O)=O. The van der Waals surface area contributed by atoms with Crippen LogP contribution < -0.4 is 9.62 Å². The third-order valence-corrected chi connectivity index (χ3v) is 6.53. The number of nitrogens with zero attached hydrogens (tertiary/aromatic N) is 3. The topological polar surface area (TPSA) is 164 Å². The van der Waals surface area contributed by atoms with Crippen molar-refractivity contribution in [1.29, 1.82) is 5.26 Å². The van der Waals surface area contributed by atoms with Crippen molar-refractivity contribution in [1.82, 2.24) is 10.3 Å². The number of aromatic nitrogens is 1. The number of phenols is 1. The van der Waals surface area contributed by atoms with Crippen LogP contribution >= 0.6 is 11.3 Å². The number of aromatic hydroxyl groups is 1. The van der Waals surface area contributed by atoms with Crippen molar-refractivity contribution < 1.29 is 28.5 Å². The Morgan fingerprint density at radius 3 is 2.53 bits per heavy atom. The van der Waals surface area contributed by atoms with Gasteiger partial charge in [-0.3, -0.25) is 4.79 Å². The van der Waals surface area contributed by atoms with Crippen LogP contribution in [0.1, 0.15) is 16.1 Å². The Morgan fingerprint density at radius 1 is 1.33 bits per heavy atom. The molecule has 3 unspecified atom stereocenters. The number of rotatable bonds is 9. The van der Waals surface area contributed by atoms with Crippen LogP contribution in [0.5, 0.6) is 5.75 Å². The number of sulfonamides is 1. The van der Waals surface area contributed by atoms with Gasteiger partial charge in [-0.05, 0) is 24.1 Å². The molecule has 30 heavy (non-hydrogen) atoms. The van der Waals surface area contributed by atoms with E-state index in [1.807, 2.05) is 6.07 Å². The van der Waals surface area contributed by atoms with E-state index in [9.17, 15) is 33.8 Å². The molecule has 1 aromatic carbocycles. The number of aliphatic hydroxyl groups excluding tert-OH is 2. The Bertz CT molecular complexity index is 1020. The third-order valence-electron chi connectivity index (χ3n) is 4.33. The van der Waals surface area contributed by atoms with Gasteiger partial charge in [-0.25, -0.2) is 17.7 Å². The number of carbonyl (C=O) groups excluding carboxylic acids is 1. The molecule has 0 spiro atoms. The molecule has 0 aliphatic rings. The molecule has 0 fully saturated rings. The lowest BCUT2D eigenvalue weighted by atomic mass is 9.92. The van der Waals surface area contributed by atoms with Crippen molar-refractivity contribution >= 4 is 32.4 Å². The van der Waals surface area contributed by atoms with Gasteiger partial charge in [0, 0.05) is 19.0 Å². The Labute approximate surface area is 178 Å². The number of amides is 1. The highest BCUT2D eigenvalue weighted by Gasteiger charge is 2.27. The monoisotopic (exact) mass is 454 g/mol. The van der Waals surface area contributed by atoms with Gasteiger partial charge in [0.2, 0.25) is 10.0 Å². The smallest absolute Gasteiger partial charge is 0.270 e. The number of nitrogens with one attached hydrogen (secondary N) is 1. The zero-order valence-electron chi connectivity index (χ0n) is 16.3. The second kappa shape index (κ2) is 9.86. The number of anilines is 1. The van der Waals surface area contributed by atoms with Crippen molar-refractivity contribution in [3.8, 4) is 11.8 Å². The van der Waals surface area contributed by atoms with Crippen molar-refractivity contribution in [2.24, 2.45) is 5.92 Å². The standard InChI is InChI=1S/C18H22N4O6S2/c1-22(30(2,27)28)18-21-14(10-29-18)17(26)20-9-15(24)16(25)12(8-19)7-11-3-5-13(23)6-4-11/h3-6,10,12,15-16,23-25H,7,9H2,1-2H3,(H,20,26). The van der Waals surface area contributed by atoms with Crippen LogP contribution in [-0.2, 0) is 16.4 Å². The molecule has 0 saturated carbocycles. The van der Waals surface area contributed by atoms with E-state index in [-0.39, 0.29) is 29.5 Å². The number of benzene rings is 1. The van der Waals surface area contributed by atoms with Gasteiger partial charge in [0.25, 0.3) is 5.91 Å². The number of hydrogen-bond acceptors (Lipinski definition) is 9. The summed E-state index contributed by atoms with van der Waals surface area (Å²) in [5.41, 5.74) is 0.660. The molecule has 0 radical (unpaired) electrons. The van der Waals surface area contributed by atoms with Crippen LogP contribution in [-0.4, -0.2) is 66.7 Å². The Kier molecular flexibility index (Phi) is 7.74. The minimum absolute atomic E-state index is 0.0342. The summed E-state index contributed by atoms with van der Waals surface area (Å²) in [6.07, 6.45) is -1.68. The summed E-state index contributed by atoms with van der Waals surface area (Å²) in [4.78, 5) is 16.2. The lowest BCUT2D eigenvalue weighted by molar-refractivity contribution is -0.00203. The summed E-state index contributed by atoms with van der Waals surface area (Å²) < 4.78 is 24.0. The molecular formula is C18H22N4O6S2. The fraction of sp³-hybridized carbons (Fsp3) is 0.389. The van der Waals surface area contributed by atoms with Crippen molar-refractivity contribution in [2.75, 3.05) is 24.2 Å². The molecule has 4 N–H and O–H groups in total. The van der Waals surface area contributed by atoms with Crippen LogP contribution in [0.25, 0.3) is 0 Å². The summed E-state index contributed by atoms with van der Waals surface area (Å²) in [7, 11) is -2.20. The number of phenolic OH excluding ortho intramolecular Hbond substituents is 1. The van der Waals surface area contributed by atoms with Crippen LogP contribution in [0, 0.1) is 17.2 Å². The second-order valence-electron chi connectivity index (χ2n) is 6.62. The fourth-order valence-electron chi connectivity index (χ4n) is 2.46. The molecule has 162 valence electrons. The molecule has 10 nitrogen and oxygen atoms in total. The maximum atomic E-state index is 12.2. The Morgan fingerprint density at radius 2 is 1.97 bits per heavy atom. The van der Waals surface area contributed by atoms with E-state index in [4.69, 9.17) is 0 Å². The van der Waals surface area contributed by atoms with Gasteiger partial charge < -0.3 is 20.6 Å². The van der Waals surface area contributed by atoms with Crippen molar-refractivity contribution in [3.63, 3.8) is 0 Å². The molecule has 2 aromatic rings. The average Bonchev–Trinajstić information content (AvgIpc) is 3.19. The molecule has 3 atom stereocenters. The summed E-state index contributed by atoms with van der Waals surface area (Å²) in [5.74, 6) is -1.52. The first-order valence-corrected chi connectivity index (χ1v) is 11.5. The maximum absolute atomic E-state index is 12.2. The lowest BCUT2D eigenvalue weighted by Gasteiger charge is -2.22. The van der Waals surface area contributed by atoms with Gasteiger partial charge in [-0.2, -0.15) is 5.26 Å². The van der Waals surface area contributed by atoms with Gasteiger partial charge in [0.1, 0.15) is 11.4 Å². The van der Waals surface area contributed by atoms with E-state index in [1.54, 1.807) is 12.1 Å². The van der Waals surface area contributed by atoms with Crippen molar-refractivity contribution in [3.05, 3.63) is 40.9 Å². The van der Waals surface area contributed by atoms with E-state index in [2.05, 4.69) is 10.3 Å². The van der Waals surface area contributed by atoms with Crippen LogP contribution in [0.15, 0.2) is 29.6 Å². The normalized spacial score (nSPS) is 14.4. The summed E-state index contributed by atoms with van der Waals surface area (Å²) in [6, 6.07) is 8.06. The summed E-state index contributed by atoms with van der Waals surface area (Å²) in [6.45, 7) is -0.331. The van der Waals surface area contributed by atoms with Crippen LogP contribution in [0.2, 0.25) is 0 Å². The molecule has 0 aliphatic heterocycles. The molecule has 0 aliphatic carbocycles. The van der Waals surface area contributed by atoms with Crippen LogP contribution in [0.3, 0.4) is 0 Å².